The highest BCUT2D eigenvalue weighted by Gasteiger charge is 2.33. The van der Waals surface area contributed by atoms with Crippen molar-refractivity contribution in [2.45, 2.75) is 32.0 Å². The second-order valence-electron chi connectivity index (χ2n) is 5.99. The maximum absolute atomic E-state index is 12.1. The summed E-state index contributed by atoms with van der Waals surface area (Å²) >= 11 is 0. The lowest BCUT2D eigenvalue weighted by Gasteiger charge is -2.25. The van der Waals surface area contributed by atoms with Crippen molar-refractivity contribution in [2.75, 3.05) is 25.1 Å². The molecule has 8 nitrogen and oxygen atoms in total. The molecule has 0 bridgehead atoms. The summed E-state index contributed by atoms with van der Waals surface area (Å²) in [6.45, 7) is 3.47. The van der Waals surface area contributed by atoms with Crippen LogP contribution in [-0.4, -0.2) is 58.0 Å². The van der Waals surface area contributed by atoms with E-state index in [-0.39, 0.29) is 24.6 Å². The lowest BCUT2D eigenvalue weighted by atomic mass is 10.2. The first-order valence-electron chi connectivity index (χ1n) is 7.97. The molecule has 24 heavy (non-hydrogen) atoms. The number of nitrogens with zero attached hydrogens (tertiary/aromatic N) is 5. The SMILES string of the molecule is CO[C@@H]1C[C@H](CNC(=O)Cn2cc(C)cn2)N(c2ccncn2)C1. The number of nitrogens with one attached hydrogen (secondary N) is 1. The van der Waals surface area contributed by atoms with Gasteiger partial charge in [-0.2, -0.15) is 5.10 Å². The fraction of sp³-hybridized carbons (Fsp3) is 0.500. The highest BCUT2D eigenvalue weighted by atomic mass is 16.5. The van der Waals surface area contributed by atoms with Crippen LogP contribution in [0.3, 0.4) is 0 Å². The predicted octanol–water partition coefficient (Wildman–Crippen LogP) is 0.392. The van der Waals surface area contributed by atoms with Crippen LogP contribution < -0.4 is 10.2 Å². The van der Waals surface area contributed by atoms with Crippen LogP contribution in [0.2, 0.25) is 0 Å². The van der Waals surface area contributed by atoms with Gasteiger partial charge < -0.3 is 15.0 Å². The molecule has 2 atom stereocenters. The molecule has 3 heterocycles. The third-order valence-electron chi connectivity index (χ3n) is 4.17. The molecule has 0 aromatic carbocycles. The van der Waals surface area contributed by atoms with Crippen LogP contribution in [0, 0.1) is 6.92 Å². The number of amides is 1. The van der Waals surface area contributed by atoms with Gasteiger partial charge in [-0.1, -0.05) is 0 Å². The Kier molecular flexibility index (Phi) is 5.05. The van der Waals surface area contributed by atoms with Gasteiger partial charge in [0.15, 0.2) is 0 Å². The van der Waals surface area contributed by atoms with Crippen molar-refractivity contribution in [3.05, 3.63) is 36.5 Å². The van der Waals surface area contributed by atoms with Gasteiger partial charge in [0.25, 0.3) is 0 Å². The van der Waals surface area contributed by atoms with Gasteiger partial charge in [0, 0.05) is 32.6 Å². The fourth-order valence-corrected chi connectivity index (χ4v) is 2.96. The van der Waals surface area contributed by atoms with E-state index in [1.54, 1.807) is 24.2 Å². The number of hydrogen-bond donors (Lipinski definition) is 1. The van der Waals surface area contributed by atoms with E-state index in [1.165, 1.54) is 6.33 Å². The fourth-order valence-electron chi connectivity index (χ4n) is 2.96. The van der Waals surface area contributed by atoms with Crippen LogP contribution in [0.1, 0.15) is 12.0 Å². The molecule has 0 unspecified atom stereocenters. The lowest BCUT2D eigenvalue weighted by molar-refractivity contribution is -0.121. The van der Waals surface area contributed by atoms with Crippen LogP contribution in [0.15, 0.2) is 31.0 Å². The summed E-state index contributed by atoms with van der Waals surface area (Å²) in [5.41, 5.74) is 1.04. The number of carbonyl (C=O) groups excluding carboxylic acids is 1. The van der Waals surface area contributed by atoms with E-state index in [9.17, 15) is 4.79 Å². The summed E-state index contributed by atoms with van der Waals surface area (Å²) in [7, 11) is 1.71. The molecule has 1 aliphatic rings. The molecule has 0 aliphatic carbocycles. The van der Waals surface area contributed by atoms with Gasteiger partial charge in [0.1, 0.15) is 18.7 Å². The number of methoxy groups -OCH3 is 1. The van der Waals surface area contributed by atoms with Gasteiger partial charge in [-0.15, -0.1) is 0 Å². The van der Waals surface area contributed by atoms with Crippen LogP contribution >= 0.6 is 0 Å². The first-order valence-corrected chi connectivity index (χ1v) is 7.97. The van der Waals surface area contributed by atoms with E-state index in [0.717, 1.165) is 24.3 Å². The van der Waals surface area contributed by atoms with Gasteiger partial charge in [0.2, 0.25) is 5.91 Å². The minimum Gasteiger partial charge on any atom is -0.380 e. The molecule has 0 saturated carbocycles. The van der Waals surface area contributed by atoms with Crippen LogP contribution in [0.4, 0.5) is 5.82 Å². The van der Waals surface area contributed by atoms with Crippen molar-refractivity contribution < 1.29 is 9.53 Å². The van der Waals surface area contributed by atoms with Gasteiger partial charge in [-0.25, -0.2) is 9.97 Å². The predicted molar refractivity (Wildman–Crippen MR) is 88.6 cm³/mol. The van der Waals surface area contributed by atoms with E-state index in [4.69, 9.17) is 4.74 Å². The Balaban J connectivity index is 1.58. The van der Waals surface area contributed by atoms with Crippen LogP contribution in [0.5, 0.6) is 0 Å². The summed E-state index contributed by atoms with van der Waals surface area (Å²) < 4.78 is 7.12. The first-order chi connectivity index (χ1) is 11.7. The van der Waals surface area contributed by atoms with Gasteiger partial charge in [-0.05, 0) is 25.0 Å². The molecule has 1 aliphatic heterocycles. The summed E-state index contributed by atoms with van der Waals surface area (Å²) in [5.74, 6) is 0.799. The molecule has 3 rings (SSSR count). The standard InChI is InChI=1S/C16H22N6O2/c1-12-6-20-21(8-12)10-16(23)18-7-13-5-14(24-2)9-22(13)15-3-4-17-11-19-15/h3-4,6,8,11,13-14H,5,7,9-10H2,1-2H3,(H,18,23)/t13-,14-/m1/s1. The zero-order valence-electron chi connectivity index (χ0n) is 13.9. The highest BCUT2D eigenvalue weighted by Crippen LogP contribution is 2.24. The number of aryl methyl sites for hydroxylation is 1. The van der Waals surface area contributed by atoms with Gasteiger partial charge >= 0.3 is 0 Å². The maximum Gasteiger partial charge on any atom is 0.241 e. The maximum atomic E-state index is 12.1. The largest absolute Gasteiger partial charge is 0.380 e. The summed E-state index contributed by atoms with van der Waals surface area (Å²) in [6, 6.07) is 2.02. The topological polar surface area (TPSA) is 85.2 Å². The second kappa shape index (κ2) is 7.39. The van der Waals surface area contributed by atoms with Gasteiger partial charge in [0.05, 0.1) is 18.3 Å². The smallest absolute Gasteiger partial charge is 0.241 e. The molecular weight excluding hydrogens is 308 g/mol. The van der Waals surface area contributed by atoms with E-state index in [0.29, 0.717) is 6.54 Å². The summed E-state index contributed by atoms with van der Waals surface area (Å²) in [5, 5.41) is 7.12. The average molecular weight is 330 g/mol. The van der Waals surface area contributed by atoms with E-state index in [1.807, 2.05) is 19.2 Å². The summed E-state index contributed by atoms with van der Waals surface area (Å²) in [6.07, 6.45) is 7.83. The minimum atomic E-state index is -0.0541. The lowest BCUT2D eigenvalue weighted by Crippen LogP contribution is -2.41. The van der Waals surface area contributed by atoms with E-state index >= 15 is 0 Å². The molecule has 0 radical (unpaired) electrons. The molecule has 1 amide bonds. The number of aromatic nitrogens is 4. The number of rotatable bonds is 6. The Labute approximate surface area is 140 Å². The minimum absolute atomic E-state index is 0.0541. The molecule has 0 spiro atoms. The van der Waals surface area contributed by atoms with E-state index in [2.05, 4.69) is 25.3 Å². The molecular formula is C16H22N6O2. The second-order valence-corrected chi connectivity index (χ2v) is 5.99. The molecule has 1 fully saturated rings. The molecule has 1 saturated heterocycles. The Morgan fingerprint density at radius 1 is 1.50 bits per heavy atom. The Morgan fingerprint density at radius 3 is 3.04 bits per heavy atom. The molecule has 2 aromatic heterocycles. The first kappa shape index (κ1) is 16.4. The highest BCUT2D eigenvalue weighted by molar-refractivity contribution is 5.75. The number of hydrogen-bond acceptors (Lipinski definition) is 6. The Bertz CT molecular complexity index is 674. The molecule has 8 heteroatoms. The van der Waals surface area contributed by atoms with Crippen molar-refractivity contribution in [1.82, 2.24) is 25.1 Å². The van der Waals surface area contributed by atoms with Crippen molar-refractivity contribution >= 4 is 11.7 Å². The molecule has 128 valence electrons. The summed E-state index contributed by atoms with van der Waals surface area (Å²) in [4.78, 5) is 22.6. The third kappa shape index (κ3) is 3.88. The number of carbonyl (C=O) groups is 1. The normalized spacial score (nSPS) is 20.3. The Morgan fingerprint density at radius 2 is 2.38 bits per heavy atom. The monoisotopic (exact) mass is 330 g/mol. The number of anilines is 1. The average Bonchev–Trinajstić information content (AvgIpc) is 3.19. The van der Waals surface area contributed by atoms with Crippen molar-refractivity contribution in [1.29, 1.82) is 0 Å². The van der Waals surface area contributed by atoms with Crippen molar-refractivity contribution in [2.24, 2.45) is 0 Å². The Hall–Kier alpha value is -2.48. The molecule has 1 N–H and O–H groups in total. The zero-order chi connectivity index (χ0) is 16.9. The third-order valence-corrected chi connectivity index (χ3v) is 4.17. The zero-order valence-corrected chi connectivity index (χ0v) is 13.9. The van der Waals surface area contributed by atoms with Crippen molar-refractivity contribution in [3.63, 3.8) is 0 Å². The molecule has 2 aromatic rings. The van der Waals surface area contributed by atoms with Gasteiger partial charge in [-0.3, -0.25) is 9.48 Å². The van der Waals surface area contributed by atoms with Crippen LogP contribution in [-0.2, 0) is 16.1 Å². The van der Waals surface area contributed by atoms with Crippen molar-refractivity contribution in [3.8, 4) is 0 Å². The quantitative estimate of drug-likeness (QED) is 0.825. The van der Waals surface area contributed by atoms with Crippen LogP contribution in [0.25, 0.3) is 0 Å². The van der Waals surface area contributed by atoms with E-state index < -0.39 is 0 Å². The number of ether oxygens (including phenoxy) is 1.